The lowest BCUT2D eigenvalue weighted by Crippen LogP contribution is -2.00. The van der Waals surface area contributed by atoms with Crippen molar-refractivity contribution in [3.05, 3.63) is 54.2 Å². The highest BCUT2D eigenvalue weighted by atomic mass is 16.3. The highest BCUT2D eigenvalue weighted by molar-refractivity contribution is 5.96. The van der Waals surface area contributed by atoms with Crippen LogP contribution in [-0.4, -0.2) is 10.8 Å². The number of carbonyl (C=O) groups is 1. The van der Waals surface area contributed by atoms with E-state index in [1.165, 1.54) is 6.26 Å². The average Bonchev–Trinajstić information content (AvgIpc) is 2.80. The van der Waals surface area contributed by atoms with E-state index in [1.807, 2.05) is 30.3 Å². The van der Waals surface area contributed by atoms with Crippen molar-refractivity contribution in [1.29, 1.82) is 0 Å². The minimum Gasteiger partial charge on any atom is -0.449 e. The first-order valence-corrected chi connectivity index (χ1v) is 4.83. The minimum atomic E-state index is 0.119. The molecule has 3 nitrogen and oxygen atoms in total. The quantitative estimate of drug-likeness (QED) is 0.714. The van der Waals surface area contributed by atoms with Crippen molar-refractivity contribution < 1.29 is 9.21 Å². The Morgan fingerprint density at radius 3 is 2.73 bits per heavy atom. The highest BCUT2D eigenvalue weighted by Gasteiger charge is 2.06. The summed E-state index contributed by atoms with van der Waals surface area (Å²) in [4.78, 5) is 15.6. The minimum absolute atomic E-state index is 0.119. The van der Waals surface area contributed by atoms with Crippen LogP contribution in [0, 0.1) is 0 Å². The third kappa shape index (κ3) is 2.53. The van der Waals surface area contributed by atoms with Crippen LogP contribution in [0.3, 0.4) is 0 Å². The molecular formula is C12H11NO2. The van der Waals surface area contributed by atoms with E-state index in [0.717, 1.165) is 5.56 Å². The van der Waals surface area contributed by atoms with Crippen LogP contribution in [0.5, 0.6) is 0 Å². The van der Waals surface area contributed by atoms with E-state index in [1.54, 1.807) is 6.20 Å². The maximum absolute atomic E-state index is 11.7. The van der Waals surface area contributed by atoms with Gasteiger partial charge in [0.15, 0.2) is 11.7 Å². The van der Waals surface area contributed by atoms with Gasteiger partial charge in [0.25, 0.3) is 0 Å². The molecule has 1 aromatic carbocycles. The number of aryl methyl sites for hydroxylation is 1. The molecule has 2 aromatic rings. The second-order valence-electron chi connectivity index (χ2n) is 3.22. The number of nitrogens with zero attached hydrogens (tertiary/aromatic N) is 1. The molecule has 0 N–H and O–H groups in total. The summed E-state index contributed by atoms with van der Waals surface area (Å²) < 4.78 is 5.06. The zero-order valence-corrected chi connectivity index (χ0v) is 8.22. The molecule has 0 aliphatic rings. The maximum atomic E-state index is 11.7. The van der Waals surface area contributed by atoms with Crippen LogP contribution in [-0.2, 0) is 6.42 Å². The van der Waals surface area contributed by atoms with Gasteiger partial charge in [0, 0.05) is 18.4 Å². The SMILES string of the molecule is O=C(CCc1ncco1)c1ccccc1. The fourth-order valence-electron chi connectivity index (χ4n) is 1.37. The van der Waals surface area contributed by atoms with Crippen LogP contribution < -0.4 is 0 Å². The number of oxazole rings is 1. The summed E-state index contributed by atoms with van der Waals surface area (Å²) in [5, 5.41) is 0. The van der Waals surface area contributed by atoms with E-state index in [9.17, 15) is 4.79 Å². The van der Waals surface area contributed by atoms with Crippen LogP contribution >= 0.6 is 0 Å². The number of hydrogen-bond donors (Lipinski definition) is 0. The number of aromatic nitrogens is 1. The van der Waals surface area contributed by atoms with Crippen molar-refractivity contribution in [2.45, 2.75) is 12.8 Å². The van der Waals surface area contributed by atoms with Gasteiger partial charge in [-0.3, -0.25) is 4.79 Å². The molecule has 0 bridgehead atoms. The van der Waals surface area contributed by atoms with E-state index < -0.39 is 0 Å². The van der Waals surface area contributed by atoms with Crippen molar-refractivity contribution in [3.8, 4) is 0 Å². The molecule has 76 valence electrons. The number of benzene rings is 1. The predicted octanol–water partition coefficient (Wildman–Crippen LogP) is 2.49. The Hall–Kier alpha value is -1.90. The Labute approximate surface area is 87.8 Å². The summed E-state index contributed by atoms with van der Waals surface area (Å²) in [6.07, 6.45) is 4.09. The van der Waals surface area contributed by atoms with E-state index in [4.69, 9.17) is 4.42 Å². The lowest BCUT2D eigenvalue weighted by Gasteiger charge is -1.98. The van der Waals surface area contributed by atoms with Crippen LogP contribution in [0.25, 0.3) is 0 Å². The molecule has 0 spiro atoms. The van der Waals surface area contributed by atoms with E-state index in [-0.39, 0.29) is 5.78 Å². The molecule has 0 aliphatic heterocycles. The fraction of sp³-hybridized carbons (Fsp3) is 0.167. The summed E-state index contributed by atoms with van der Waals surface area (Å²) in [6, 6.07) is 9.25. The summed E-state index contributed by atoms with van der Waals surface area (Å²) in [5.41, 5.74) is 0.740. The maximum Gasteiger partial charge on any atom is 0.194 e. The van der Waals surface area contributed by atoms with Gasteiger partial charge in [-0.25, -0.2) is 4.98 Å². The van der Waals surface area contributed by atoms with Gasteiger partial charge in [0.05, 0.1) is 6.20 Å². The van der Waals surface area contributed by atoms with E-state index in [2.05, 4.69) is 4.98 Å². The lowest BCUT2D eigenvalue weighted by molar-refractivity contribution is 0.0980. The predicted molar refractivity (Wildman–Crippen MR) is 55.6 cm³/mol. The first-order chi connectivity index (χ1) is 7.36. The van der Waals surface area contributed by atoms with Crippen molar-refractivity contribution in [1.82, 2.24) is 4.98 Å². The highest BCUT2D eigenvalue weighted by Crippen LogP contribution is 2.06. The zero-order valence-electron chi connectivity index (χ0n) is 8.22. The van der Waals surface area contributed by atoms with Crippen molar-refractivity contribution >= 4 is 5.78 Å². The standard InChI is InChI=1S/C12H11NO2/c14-11(10-4-2-1-3-5-10)6-7-12-13-8-9-15-12/h1-5,8-9H,6-7H2. The Bertz CT molecular complexity index is 420. The zero-order chi connectivity index (χ0) is 10.5. The normalized spacial score (nSPS) is 10.1. The number of hydrogen-bond acceptors (Lipinski definition) is 3. The second kappa shape index (κ2) is 4.55. The molecule has 1 heterocycles. The van der Waals surface area contributed by atoms with Gasteiger partial charge >= 0.3 is 0 Å². The molecule has 1 aromatic heterocycles. The number of rotatable bonds is 4. The molecule has 0 saturated carbocycles. The Morgan fingerprint density at radius 1 is 1.27 bits per heavy atom. The first kappa shape index (κ1) is 9.65. The third-order valence-electron chi connectivity index (χ3n) is 2.15. The van der Waals surface area contributed by atoms with Gasteiger partial charge in [-0.05, 0) is 0 Å². The Balaban J connectivity index is 1.94. The summed E-state index contributed by atoms with van der Waals surface area (Å²) in [6.45, 7) is 0. The average molecular weight is 201 g/mol. The number of Topliss-reactive ketones (excluding diaryl/α,β-unsaturated/α-hetero) is 1. The Morgan fingerprint density at radius 2 is 2.07 bits per heavy atom. The molecule has 0 radical (unpaired) electrons. The van der Waals surface area contributed by atoms with Crippen LogP contribution in [0.1, 0.15) is 22.7 Å². The molecular weight excluding hydrogens is 190 g/mol. The summed E-state index contributed by atoms with van der Waals surface area (Å²) in [7, 11) is 0. The van der Waals surface area contributed by atoms with Crippen molar-refractivity contribution in [2.24, 2.45) is 0 Å². The molecule has 15 heavy (non-hydrogen) atoms. The molecule has 0 aliphatic carbocycles. The molecule has 0 fully saturated rings. The van der Waals surface area contributed by atoms with E-state index in [0.29, 0.717) is 18.7 Å². The molecule has 3 heteroatoms. The topological polar surface area (TPSA) is 43.1 Å². The summed E-state index contributed by atoms with van der Waals surface area (Å²) in [5.74, 6) is 0.730. The molecule has 0 atom stereocenters. The molecule has 0 saturated heterocycles. The summed E-state index contributed by atoms with van der Waals surface area (Å²) >= 11 is 0. The Kier molecular flexibility index (Phi) is 2.93. The third-order valence-corrected chi connectivity index (χ3v) is 2.15. The van der Waals surface area contributed by atoms with Crippen LogP contribution in [0.15, 0.2) is 47.2 Å². The molecule has 0 amide bonds. The largest absolute Gasteiger partial charge is 0.449 e. The fourth-order valence-corrected chi connectivity index (χ4v) is 1.37. The number of ketones is 1. The first-order valence-electron chi connectivity index (χ1n) is 4.83. The van der Waals surface area contributed by atoms with Crippen molar-refractivity contribution in [2.75, 3.05) is 0 Å². The van der Waals surface area contributed by atoms with Gasteiger partial charge in [-0.15, -0.1) is 0 Å². The molecule has 2 rings (SSSR count). The van der Waals surface area contributed by atoms with Crippen LogP contribution in [0.2, 0.25) is 0 Å². The van der Waals surface area contributed by atoms with Gasteiger partial charge in [0.2, 0.25) is 0 Å². The van der Waals surface area contributed by atoms with Crippen molar-refractivity contribution in [3.63, 3.8) is 0 Å². The smallest absolute Gasteiger partial charge is 0.194 e. The van der Waals surface area contributed by atoms with Crippen LogP contribution in [0.4, 0.5) is 0 Å². The van der Waals surface area contributed by atoms with Gasteiger partial charge in [-0.2, -0.15) is 0 Å². The monoisotopic (exact) mass is 201 g/mol. The molecule has 0 unspecified atom stereocenters. The van der Waals surface area contributed by atoms with Gasteiger partial charge in [0.1, 0.15) is 6.26 Å². The lowest BCUT2D eigenvalue weighted by atomic mass is 10.1. The second-order valence-corrected chi connectivity index (χ2v) is 3.22. The number of carbonyl (C=O) groups excluding carboxylic acids is 1. The van der Waals surface area contributed by atoms with Gasteiger partial charge in [-0.1, -0.05) is 30.3 Å². The van der Waals surface area contributed by atoms with E-state index >= 15 is 0 Å². The van der Waals surface area contributed by atoms with Gasteiger partial charge < -0.3 is 4.42 Å².